The van der Waals surface area contributed by atoms with Crippen molar-refractivity contribution in [3.05, 3.63) is 28.2 Å². The highest BCUT2D eigenvalue weighted by atomic mass is 79.9. The first-order chi connectivity index (χ1) is 9.94. The maximum Gasteiger partial charge on any atom is 0.321 e. The molecule has 0 bridgehead atoms. The van der Waals surface area contributed by atoms with Crippen molar-refractivity contribution in [2.45, 2.75) is 26.2 Å². The fraction of sp³-hybridized carbons (Fsp3) is 0.467. The number of carboxylic acids is 1. The van der Waals surface area contributed by atoms with Crippen molar-refractivity contribution in [3.8, 4) is 0 Å². The van der Waals surface area contributed by atoms with E-state index >= 15 is 0 Å². The van der Waals surface area contributed by atoms with Crippen LogP contribution in [0.4, 0.5) is 10.5 Å². The van der Waals surface area contributed by atoms with E-state index in [1.165, 1.54) is 0 Å². The average Bonchev–Trinajstić information content (AvgIpc) is 2.36. The summed E-state index contributed by atoms with van der Waals surface area (Å²) in [6.45, 7) is 3.14. The number of nitrogens with one attached hydrogen (secondary N) is 1. The SMILES string of the molecule is Cc1cc(Br)cc(NC(=O)N2CCCC(CC(=O)O)C2)c1. The Morgan fingerprint density at radius 3 is 2.86 bits per heavy atom. The summed E-state index contributed by atoms with van der Waals surface area (Å²) in [7, 11) is 0. The minimum absolute atomic E-state index is 0.0474. The number of carboxylic acid groups (broad SMARTS) is 1. The summed E-state index contributed by atoms with van der Waals surface area (Å²) < 4.78 is 0.917. The van der Waals surface area contributed by atoms with E-state index in [9.17, 15) is 9.59 Å². The van der Waals surface area contributed by atoms with Crippen LogP contribution in [0.25, 0.3) is 0 Å². The van der Waals surface area contributed by atoms with Crippen LogP contribution < -0.4 is 5.32 Å². The normalized spacial score (nSPS) is 18.4. The number of amides is 2. The third-order valence-corrected chi connectivity index (χ3v) is 4.02. The van der Waals surface area contributed by atoms with E-state index in [4.69, 9.17) is 5.11 Å². The molecule has 1 heterocycles. The number of carbonyl (C=O) groups excluding carboxylic acids is 1. The number of aliphatic carboxylic acids is 1. The van der Waals surface area contributed by atoms with Gasteiger partial charge in [-0.25, -0.2) is 4.79 Å². The second-order valence-corrected chi connectivity index (χ2v) is 6.42. The maximum absolute atomic E-state index is 12.3. The van der Waals surface area contributed by atoms with Gasteiger partial charge in [0.05, 0.1) is 0 Å². The number of aryl methyl sites for hydroxylation is 1. The summed E-state index contributed by atoms with van der Waals surface area (Å²) in [6, 6.07) is 5.56. The van der Waals surface area contributed by atoms with E-state index in [0.717, 1.165) is 28.6 Å². The Balaban J connectivity index is 1.97. The molecule has 1 aromatic carbocycles. The van der Waals surface area contributed by atoms with Gasteiger partial charge >= 0.3 is 12.0 Å². The van der Waals surface area contributed by atoms with E-state index in [-0.39, 0.29) is 18.4 Å². The van der Waals surface area contributed by atoms with Gasteiger partial charge in [0.25, 0.3) is 0 Å². The molecule has 0 radical (unpaired) electrons. The van der Waals surface area contributed by atoms with Crippen molar-refractivity contribution in [1.29, 1.82) is 0 Å². The molecule has 0 saturated carbocycles. The molecular formula is C15H19BrN2O3. The smallest absolute Gasteiger partial charge is 0.321 e. The first kappa shape index (κ1) is 15.8. The van der Waals surface area contributed by atoms with E-state index in [1.807, 2.05) is 25.1 Å². The lowest BCUT2D eigenvalue weighted by Crippen LogP contribution is -2.42. The van der Waals surface area contributed by atoms with Gasteiger partial charge in [0, 0.05) is 29.7 Å². The van der Waals surface area contributed by atoms with Crippen LogP contribution in [0.5, 0.6) is 0 Å². The van der Waals surface area contributed by atoms with Gasteiger partial charge in [-0.2, -0.15) is 0 Å². The Kier molecular flexibility index (Phi) is 5.22. The van der Waals surface area contributed by atoms with Crippen molar-refractivity contribution in [2.24, 2.45) is 5.92 Å². The van der Waals surface area contributed by atoms with Gasteiger partial charge < -0.3 is 15.3 Å². The molecule has 5 nitrogen and oxygen atoms in total. The molecule has 0 spiro atoms. The third-order valence-electron chi connectivity index (χ3n) is 3.56. The molecule has 1 fully saturated rings. The van der Waals surface area contributed by atoms with Crippen LogP contribution in [0, 0.1) is 12.8 Å². The van der Waals surface area contributed by atoms with Gasteiger partial charge in [0.15, 0.2) is 0 Å². The Hall–Kier alpha value is -1.56. The van der Waals surface area contributed by atoms with Crippen LogP contribution in [-0.2, 0) is 4.79 Å². The topological polar surface area (TPSA) is 69.6 Å². The zero-order chi connectivity index (χ0) is 15.4. The van der Waals surface area contributed by atoms with Crippen LogP contribution in [0.3, 0.4) is 0 Å². The summed E-state index contributed by atoms with van der Waals surface area (Å²) in [4.78, 5) is 24.8. The van der Waals surface area contributed by atoms with E-state index in [2.05, 4.69) is 21.2 Å². The number of urea groups is 1. The fourth-order valence-electron chi connectivity index (χ4n) is 2.67. The highest BCUT2D eigenvalue weighted by Crippen LogP contribution is 2.22. The number of benzene rings is 1. The Bertz CT molecular complexity index is 527. The lowest BCUT2D eigenvalue weighted by Gasteiger charge is -2.32. The largest absolute Gasteiger partial charge is 0.481 e. The molecule has 114 valence electrons. The molecule has 6 heteroatoms. The first-order valence-electron chi connectivity index (χ1n) is 6.99. The highest BCUT2D eigenvalue weighted by molar-refractivity contribution is 9.10. The predicted molar refractivity (Wildman–Crippen MR) is 84.4 cm³/mol. The highest BCUT2D eigenvalue weighted by Gasteiger charge is 2.25. The molecule has 1 atom stereocenters. The van der Waals surface area contributed by atoms with E-state index in [0.29, 0.717) is 13.1 Å². The quantitative estimate of drug-likeness (QED) is 0.872. The maximum atomic E-state index is 12.3. The third kappa shape index (κ3) is 4.74. The number of rotatable bonds is 3. The minimum Gasteiger partial charge on any atom is -0.481 e. The second-order valence-electron chi connectivity index (χ2n) is 5.50. The Morgan fingerprint density at radius 1 is 1.43 bits per heavy atom. The Labute approximate surface area is 132 Å². The lowest BCUT2D eigenvalue weighted by molar-refractivity contribution is -0.138. The van der Waals surface area contributed by atoms with Crippen molar-refractivity contribution >= 4 is 33.6 Å². The number of piperidine rings is 1. The van der Waals surface area contributed by atoms with Crippen molar-refractivity contribution in [1.82, 2.24) is 4.90 Å². The van der Waals surface area contributed by atoms with Crippen LogP contribution >= 0.6 is 15.9 Å². The standard InChI is InChI=1S/C15H19BrN2O3/c1-10-5-12(16)8-13(6-10)17-15(21)18-4-2-3-11(9-18)7-14(19)20/h5-6,8,11H,2-4,7,9H2,1H3,(H,17,21)(H,19,20). The molecule has 0 aliphatic carbocycles. The van der Waals surface area contributed by atoms with Crippen molar-refractivity contribution in [2.75, 3.05) is 18.4 Å². The van der Waals surface area contributed by atoms with Gasteiger partial charge in [0.1, 0.15) is 0 Å². The molecule has 1 saturated heterocycles. The van der Waals surface area contributed by atoms with Gasteiger partial charge in [0.2, 0.25) is 0 Å². The molecule has 1 unspecified atom stereocenters. The Morgan fingerprint density at radius 2 is 2.19 bits per heavy atom. The number of hydrogen-bond acceptors (Lipinski definition) is 2. The molecule has 1 aliphatic rings. The number of nitrogens with zero attached hydrogens (tertiary/aromatic N) is 1. The molecule has 2 amide bonds. The van der Waals surface area contributed by atoms with Crippen LogP contribution in [0.2, 0.25) is 0 Å². The second kappa shape index (κ2) is 6.93. The number of anilines is 1. The van der Waals surface area contributed by atoms with E-state index < -0.39 is 5.97 Å². The van der Waals surface area contributed by atoms with Crippen LogP contribution in [0.15, 0.2) is 22.7 Å². The van der Waals surface area contributed by atoms with Gasteiger partial charge in [-0.05, 0) is 49.4 Å². The van der Waals surface area contributed by atoms with Gasteiger partial charge in [-0.15, -0.1) is 0 Å². The summed E-state index contributed by atoms with van der Waals surface area (Å²) in [5.41, 5.74) is 1.80. The minimum atomic E-state index is -0.801. The number of likely N-dealkylation sites (tertiary alicyclic amines) is 1. The molecule has 2 N–H and O–H groups in total. The lowest BCUT2D eigenvalue weighted by atomic mass is 9.95. The first-order valence-corrected chi connectivity index (χ1v) is 7.78. The average molecular weight is 355 g/mol. The molecular weight excluding hydrogens is 336 g/mol. The number of carbonyl (C=O) groups is 2. The van der Waals surface area contributed by atoms with Crippen molar-refractivity contribution in [3.63, 3.8) is 0 Å². The molecule has 1 aromatic rings. The zero-order valence-electron chi connectivity index (χ0n) is 11.9. The van der Waals surface area contributed by atoms with Gasteiger partial charge in [-0.3, -0.25) is 4.79 Å². The molecule has 0 aromatic heterocycles. The zero-order valence-corrected chi connectivity index (χ0v) is 13.5. The number of hydrogen-bond donors (Lipinski definition) is 2. The van der Waals surface area contributed by atoms with Crippen LogP contribution in [-0.4, -0.2) is 35.1 Å². The molecule has 1 aliphatic heterocycles. The fourth-order valence-corrected chi connectivity index (χ4v) is 3.28. The number of halogens is 1. The summed E-state index contributed by atoms with van der Waals surface area (Å²) in [5, 5.41) is 11.7. The molecule has 21 heavy (non-hydrogen) atoms. The van der Waals surface area contributed by atoms with Crippen molar-refractivity contribution < 1.29 is 14.7 Å². The molecule has 2 rings (SSSR count). The van der Waals surface area contributed by atoms with E-state index in [1.54, 1.807) is 4.90 Å². The van der Waals surface area contributed by atoms with Gasteiger partial charge in [-0.1, -0.05) is 15.9 Å². The predicted octanol–water partition coefficient (Wildman–Crippen LogP) is 3.48. The summed E-state index contributed by atoms with van der Waals surface area (Å²) in [5.74, 6) is -0.754. The summed E-state index contributed by atoms with van der Waals surface area (Å²) in [6.07, 6.45) is 1.84. The van der Waals surface area contributed by atoms with Crippen LogP contribution in [0.1, 0.15) is 24.8 Å². The monoisotopic (exact) mass is 354 g/mol. The summed E-state index contributed by atoms with van der Waals surface area (Å²) >= 11 is 3.41.